The van der Waals surface area contributed by atoms with E-state index in [9.17, 15) is 9.90 Å². The second kappa shape index (κ2) is 4.97. The van der Waals surface area contributed by atoms with Crippen LogP contribution in [-0.2, 0) is 4.79 Å². The van der Waals surface area contributed by atoms with Crippen molar-refractivity contribution < 1.29 is 9.90 Å². The van der Waals surface area contributed by atoms with Gasteiger partial charge in [-0.1, -0.05) is 19.3 Å². The molecule has 0 aromatic heterocycles. The van der Waals surface area contributed by atoms with Crippen LogP contribution in [0.15, 0.2) is 0 Å². The zero-order valence-corrected chi connectivity index (χ0v) is 9.32. The summed E-state index contributed by atoms with van der Waals surface area (Å²) in [5.41, 5.74) is 0. The molecule has 0 radical (unpaired) electrons. The van der Waals surface area contributed by atoms with E-state index >= 15 is 0 Å². The van der Waals surface area contributed by atoms with Gasteiger partial charge in [0.1, 0.15) is 0 Å². The lowest BCUT2D eigenvalue weighted by molar-refractivity contribution is -0.138. The highest BCUT2D eigenvalue weighted by atomic mass is 16.3. The first-order chi connectivity index (χ1) is 7.33. The zero-order chi connectivity index (χ0) is 10.7. The summed E-state index contributed by atoms with van der Waals surface area (Å²) in [5, 5.41) is 9.19. The number of hydrogen-bond acceptors (Lipinski definition) is 2. The number of rotatable bonds is 2. The quantitative estimate of drug-likeness (QED) is 0.753. The minimum absolute atomic E-state index is 0.111. The highest BCUT2D eigenvalue weighted by Gasteiger charge is 2.32. The van der Waals surface area contributed by atoms with Gasteiger partial charge in [0.15, 0.2) is 0 Å². The van der Waals surface area contributed by atoms with Crippen LogP contribution in [0.3, 0.4) is 0 Å². The molecule has 1 aliphatic carbocycles. The first-order valence-corrected chi connectivity index (χ1v) is 6.24. The van der Waals surface area contributed by atoms with Crippen molar-refractivity contribution in [3.63, 3.8) is 0 Å². The van der Waals surface area contributed by atoms with E-state index in [0.717, 1.165) is 32.2 Å². The molecule has 3 nitrogen and oxygen atoms in total. The lowest BCUT2D eigenvalue weighted by Gasteiger charge is -2.29. The summed E-state index contributed by atoms with van der Waals surface area (Å²) in [6.45, 7) is 0.999. The van der Waals surface area contributed by atoms with Gasteiger partial charge in [-0.05, 0) is 25.7 Å². The molecule has 15 heavy (non-hydrogen) atoms. The summed E-state index contributed by atoms with van der Waals surface area (Å²) >= 11 is 0. The smallest absolute Gasteiger partial charge is 0.226 e. The molecule has 2 rings (SSSR count). The molecule has 0 aromatic rings. The first-order valence-electron chi connectivity index (χ1n) is 6.24. The van der Waals surface area contributed by atoms with Crippen LogP contribution in [0.5, 0.6) is 0 Å². The molecule has 0 bridgehead atoms. The van der Waals surface area contributed by atoms with E-state index < -0.39 is 0 Å². The highest BCUT2D eigenvalue weighted by Crippen LogP contribution is 2.28. The Morgan fingerprint density at radius 3 is 2.53 bits per heavy atom. The molecular formula is C12H21NO2. The second-order valence-electron chi connectivity index (χ2n) is 4.85. The Labute approximate surface area is 91.5 Å². The number of nitrogens with zero attached hydrogens (tertiary/aromatic N) is 1. The third kappa shape index (κ3) is 2.33. The van der Waals surface area contributed by atoms with Gasteiger partial charge in [0.05, 0.1) is 12.6 Å². The SMILES string of the molecule is O=C(C1CCCCC1)N1CCC[C@@H]1CO. The van der Waals surface area contributed by atoms with Crippen molar-refractivity contribution in [2.45, 2.75) is 51.0 Å². The Kier molecular flexibility index (Phi) is 3.62. The van der Waals surface area contributed by atoms with Crippen LogP contribution in [0.4, 0.5) is 0 Å². The van der Waals surface area contributed by atoms with E-state index in [1.54, 1.807) is 0 Å². The number of hydrogen-bond donors (Lipinski definition) is 1. The summed E-state index contributed by atoms with van der Waals surface area (Å²) in [6.07, 6.45) is 7.86. The molecule has 1 atom stereocenters. The van der Waals surface area contributed by atoms with E-state index in [-0.39, 0.29) is 18.6 Å². The van der Waals surface area contributed by atoms with Crippen LogP contribution >= 0.6 is 0 Å². The van der Waals surface area contributed by atoms with E-state index in [0.29, 0.717) is 5.91 Å². The van der Waals surface area contributed by atoms with Crippen molar-refractivity contribution in [3.8, 4) is 0 Å². The molecular weight excluding hydrogens is 190 g/mol. The Morgan fingerprint density at radius 1 is 1.13 bits per heavy atom. The van der Waals surface area contributed by atoms with E-state index in [2.05, 4.69) is 0 Å². The summed E-state index contributed by atoms with van der Waals surface area (Å²) in [6, 6.07) is 0.111. The molecule has 2 aliphatic rings. The van der Waals surface area contributed by atoms with Crippen LogP contribution in [0.25, 0.3) is 0 Å². The van der Waals surface area contributed by atoms with Crippen LogP contribution in [0.1, 0.15) is 44.9 Å². The van der Waals surface area contributed by atoms with Crippen molar-refractivity contribution in [2.75, 3.05) is 13.2 Å². The molecule has 3 heteroatoms. The van der Waals surface area contributed by atoms with Crippen LogP contribution in [-0.4, -0.2) is 35.1 Å². The maximum atomic E-state index is 12.2. The summed E-state index contributed by atoms with van der Waals surface area (Å²) < 4.78 is 0. The standard InChI is InChI=1S/C12H21NO2/c14-9-11-7-4-8-13(11)12(15)10-5-2-1-3-6-10/h10-11,14H,1-9H2/t11-/m1/s1. The fraction of sp³-hybridized carbons (Fsp3) is 0.917. The maximum Gasteiger partial charge on any atom is 0.226 e. The van der Waals surface area contributed by atoms with Gasteiger partial charge in [0, 0.05) is 12.5 Å². The predicted octanol–water partition coefficient (Wildman–Crippen LogP) is 1.55. The highest BCUT2D eigenvalue weighted by molar-refractivity contribution is 5.79. The lowest BCUT2D eigenvalue weighted by atomic mass is 9.88. The van der Waals surface area contributed by atoms with Gasteiger partial charge < -0.3 is 10.0 Å². The summed E-state index contributed by atoms with van der Waals surface area (Å²) in [5.74, 6) is 0.567. The van der Waals surface area contributed by atoms with Gasteiger partial charge in [-0.25, -0.2) is 0 Å². The van der Waals surface area contributed by atoms with Gasteiger partial charge in [-0.2, -0.15) is 0 Å². The van der Waals surface area contributed by atoms with Gasteiger partial charge >= 0.3 is 0 Å². The number of aliphatic hydroxyl groups excluding tert-OH is 1. The van der Waals surface area contributed by atoms with E-state index in [1.165, 1.54) is 19.3 Å². The van der Waals surface area contributed by atoms with Crippen molar-refractivity contribution >= 4 is 5.91 Å². The monoisotopic (exact) mass is 211 g/mol. The van der Waals surface area contributed by atoms with Crippen molar-refractivity contribution in [3.05, 3.63) is 0 Å². The zero-order valence-electron chi connectivity index (χ0n) is 9.32. The van der Waals surface area contributed by atoms with Crippen LogP contribution in [0.2, 0.25) is 0 Å². The average Bonchev–Trinajstić information content (AvgIpc) is 2.77. The maximum absolute atomic E-state index is 12.2. The summed E-state index contributed by atoms with van der Waals surface area (Å²) in [7, 11) is 0. The molecule has 0 aromatic carbocycles. The second-order valence-corrected chi connectivity index (χ2v) is 4.85. The predicted molar refractivity (Wildman–Crippen MR) is 58.4 cm³/mol. The van der Waals surface area contributed by atoms with Gasteiger partial charge in [0.25, 0.3) is 0 Å². The fourth-order valence-electron chi connectivity index (χ4n) is 2.90. The minimum Gasteiger partial charge on any atom is -0.394 e. The number of amides is 1. The number of aliphatic hydroxyl groups is 1. The van der Waals surface area contributed by atoms with E-state index in [1.807, 2.05) is 4.90 Å². The lowest BCUT2D eigenvalue weighted by Crippen LogP contribution is -2.41. The minimum atomic E-state index is 0.111. The molecule has 1 amide bonds. The third-order valence-electron chi connectivity index (χ3n) is 3.83. The molecule has 1 aliphatic heterocycles. The van der Waals surface area contributed by atoms with Crippen LogP contribution in [0, 0.1) is 5.92 Å². The normalized spacial score (nSPS) is 28.3. The molecule has 0 spiro atoms. The van der Waals surface area contributed by atoms with Crippen molar-refractivity contribution in [1.29, 1.82) is 0 Å². The molecule has 86 valence electrons. The molecule has 1 heterocycles. The van der Waals surface area contributed by atoms with Gasteiger partial charge in [-0.3, -0.25) is 4.79 Å². The Balaban J connectivity index is 1.93. The topological polar surface area (TPSA) is 40.5 Å². The molecule has 1 saturated carbocycles. The van der Waals surface area contributed by atoms with Crippen molar-refractivity contribution in [1.82, 2.24) is 4.90 Å². The number of carbonyl (C=O) groups excluding carboxylic acids is 1. The summed E-state index contributed by atoms with van der Waals surface area (Å²) in [4.78, 5) is 14.1. The van der Waals surface area contributed by atoms with Gasteiger partial charge in [-0.15, -0.1) is 0 Å². The molecule has 0 unspecified atom stereocenters. The Hall–Kier alpha value is -0.570. The molecule has 2 fully saturated rings. The Bertz CT molecular complexity index is 224. The Morgan fingerprint density at radius 2 is 1.87 bits per heavy atom. The van der Waals surface area contributed by atoms with Crippen LogP contribution < -0.4 is 0 Å². The molecule has 1 saturated heterocycles. The number of carbonyl (C=O) groups is 1. The molecule has 1 N–H and O–H groups in total. The largest absolute Gasteiger partial charge is 0.394 e. The first kappa shape index (κ1) is 10.9. The third-order valence-corrected chi connectivity index (χ3v) is 3.83. The number of likely N-dealkylation sites (tertiary alicyclic amines) is 1. The fourth-order valence-corrected chi connectivity index (χ4v) is 2.90. The average molecular weight is 211 g/mol. The van der Waals surface area contributed by atoms with Gasteiger partial charge in [0.2, 0.25) is 5.91 Å². The van der Waals surface area contributed by atoms with Crippen molar-refractivity contribution in [2.24, 2.45) is 5.92 Å². The van der Waals surface area contributed by atoms with E-state index in [4.69, 9.17) is 0 Å².